The number of piperidine rings is 1. The standard InChI is InChI=1S/C20H22ClN3O2/c1-2-24-18(25)10-9-17(19(24)15-5-7-16(21)8-6-15)20(26)23-13-14-4-3-11-22-12-14/h3-8,11-12,17,19H,2,9-10,13H2,1H3,(H,23,26)/t17-,19+/m1/s1. The molecule has 2 aromatic rings. The number of likely N-dealkylation sites (tertiary alicyclic amines) is 1. The van der Waals surface area contributed by atoms with Crippen molar-refractivity contribution >= 4 is 23.4 Å². The first-order valence-electron chi connectivity index (χ1n) is 8.81. The van der Waals surface area contributed by atoms with E-state index in [0.717, 1.165) is 11.1 Å². The normalized spacial score (nSPS) is 20.1. The average Bonchev–Trinajstić information content (AvgIpc) is 2.67. The van der Waals surface area contributed by atoms with Gasteiger partial charge < -0.3 is 10.2 Å². The Labute approximate surface area is 158 Å². The van der Waals surface area contributed by atoms with Crippen LogP contribution >= 0.6 is 11.6 Å². The van der Waals surface area contributed by atoms with Crippen molar-refractivity contribution in [2.24, 2.45) is 5.92 Å². The highest BCUT2D eigenvalue weighted by atomic mass is 35.5. The fraction of sp³-hybridized carbons (Fsp3) is 0.350. The van der Waals surface area contributed by atoms with Gasteiger partial charge in [-0.1, -0.05) is 29.8 Å². The zero-order chi connectivity index (χ0) is 18.5. The molecule has 1 aromatic carbocycles. The van der Waals surface area contributed by atoms with Crippen LogP contribution in [0.5, 0.6) is 0 Å². The van der Waals surface area contributed by atoms with Crippen LogP contribution in [0.4, 0.5) is 0 Å². The Balaban J connectivity index is 1.81. The summed E-state index contributed by atoms with van der Waals surface area (Å²) < 4.78 is 0. The number of aromatic nitrogens is 1. The van der Waals surface area contributed by atoms with Gasteiger partial charge in [0.2, 0.25) is 11.8 Å². The zero-order valence-corrected chi connectivity index (χ0v) is 15.4. The summed E-state index contributed by atoms with van der Waals surface area (Å²) in [6.07, 6.45) is 4.37. The number of nitrogens with one attached hydrogen (secondary N) is 1. The van der Waals surface area contributed by atoms with Crippen molar-refractivity contribution in [3.05, 3.63) is 64.9 Å². The third-order valence-corrected chi connectivity index (χ3v) is 5.04. The van der Waals surface area contributed by atoms with E-state index in [1.807, 2.05) is 31.2 Å². The predicted molar refractivity (Wildman–Crippen MR) is 100 cm³/mol. The summed E-state index contributed by atoms with van der Waals surface area (Å²) in [6, 6.07) is 10.9. The second-order valence-electron chi connectivity index (χ2n) is 6.40. The molecule has 2 heterocycles. The van der Waals surface area contributed by atoms with Crippen molar-refractivity contribution in [3.8, 4) is 0 Å². The number of hydrogen-bond acceptors (Lipinski definition) is 3. The van der Waals surface area contributed by atoms with Gasteiger partial charge in [0.25, 0.3) is 0 Å². The fourth-order valence-corrected chi connectivity index (χ4v) is 3.62. The maximum atomic E-state index is 12.9. The van der Waals surface area contributed by atoms with Crippen molar-refractivity contribution in [2.45, 2.75) is 32.4 Å². The summed E-state index contributed by atoms with van der Waals surface area (Å²) in [5, 5.41) is 3.63. The lowest BCUT2D eigenvalue weighted by Gasteiger charge is -2.40. The molecule has 1 aliphatic rings. The lowest BCUT2D eigenvalue weighted by atomic mass is 9.83. The molecule has 1 N–H and O–H groups in total. The van der Waals surface area contributed by atoms with Gasteiger partial charge in [-0.15, -0.1) is 0 Å². The van der Waals surface area contributed by atoms with E-state index in [-0.39, 0.29) is 23.8 Å². The molecule has 0 bridgehead atoms. The van der Waals surface area contributed by atoms with Crippen molar-refractivity contribution < 1.29 is 9.59 Å². The number of carbonyl (C=O) groups excluding carboxylic acids is 2. The largest absolute Gasteiger partial charge is 0.352 e. The molecule has 0 spiro atoms. The van der Waals surface area contributed by atoms with Gasteiger partial charge in [-0.05, 0) is 42.7 Å². The first-order chi connectivity index (χ1) is 12.6. The molecule has 1 aliphatic heterocycles. The molecule has 5 nitrogen and oxygen atoms in total. The van der Waals surface area contributed by atoms with Gasteiger partial charge in [-0.3, -0.25) is 14.6 Å². The Morgan fingerprint density at radius 3 is 2.73 bits per heavy atom. The third kappa shape index (κ3) is 4.05. The smallest absolute Gasteiger partial charge is 0.225 e. The Kier molecular flexibility index (Phi) is 5.89. The van der Waals surface area contributed by atoms with Crippen LogP contribution in [-0.4, -0.2) is 28.2 Å². The average molecular weight is 372 g/mol. The van der Waals surface area contributed by atoms with E-state index in [1.165, 1.54) is 0 Å². The van der Waals surface area contributed by atoms with Crippen LogP contribution in [0.2, 0.25) is 5.02 Å². The van der Waals surface area contributed by atoms with Gasteiger partial charge in [-0.2, -0.15) is 0 Å². The van der Waals surface area contributed by atoms with Crippen molar-refractivity contribution in [2.75, 3.05) is 6.54 Å². The first kappa shape index (κ1) is 18.4. The first-order valence-corrected chi connectivity index (χ1v) is 9.19. The van der Waals surface area contributed by atoms with Gasteiger partial charge in [0.05, 0.1) is 12.0 Å². The summed E-state index contributed by atoms with van der Waals surface area (Å²) in [7, 11) is 0. The van der Waals surface area contributed by atoms with Crippen LogP contribution in [0.3, 0.4) is 0 Å². The topological polar surface area (TPSA) is 62.3 Å². The summed E-state index contributed by atoms with van der Waals surface area (Å²) in [5.74, 6) is -0.242. The SMILES string of the molecule is CCN1C(=O)CC[C@@H](C(=O)NCc2cccnc2)[C@@H]1c1ccc(Cl)cc1. The molecule has 0 radical (unpaired) electrons. The van der Waals surface area contributed by atoms with E-state index in [0.29, 0.717) is 31.0 Å². The molecule has 6 heteroatoms. The Bertz CT molecular complexity index is 764. The van der Waals surface area contributed by atoms with Crippen LogP contribution in [0, 0.1) is 5.92 Å². The minimum atomic E-state index is -0.287. The number of halogens is 1. The van der Waals surface area contributed by atoms with E-state index in [4.69, 9.17) is 11.6 Å². The third-order valence-electron chi connectivity index (χ3n) is 4.78. The molecule has 0 unspecified atom stereocenters. The van der Waals surface area contributed by atoms with Gasteiger partial charge in [0.1, 0.15) is 0 Å². The second kappa shape index (κ2) is 8.32. The number of hydrogen-bond donors (Lipinski definition) is 1. The molecule has 0 saturated carbocycles. The van der Waals surface area contributed by atoms with Crippen LogP contribution in [0.25, 0.3) is 0 Å². The number of rotatable bonds is 5. The highest BCUT2D eigenvalue weighted by Gasteiger charge is 2.39. The maximum absolute atomic E-state index is 12.9. The highest BCUT2D eigenvalue weighted by Crippen LogP contribution is 2.37. The van der Waals surface area contributed by atoms with E-state index < -0.39 is 0 Å². The van der Waals surface area contributed by atoms with Gasteiger partial charge in [0.15, 0.2) is 0 Å². The quantitative estimate of drug-likeness (QED) is 0.876. The molecular weight excluding hydrogens is 350 g/mol. The maximum Gasteiger partial charge on any atom is 0.225 e. The van der Waals surface area contributed by atoms with E-state index in [9.17, 15) is 9.59 Å². The number of pyridine rings is 1. The fourth-order valence-electron chi connectivity index (χ4n) is 3.50. The molecule has 1 aromatic heterocycles. The van der Waals surface area contributed by atoms with E-state index >= 15 is 0 Å². The van der Waals surface area contributed by atoms with Crippen molar-refractivity contribution in [1.29, 1.82) is 0 Å². The minimum Gasteiger partial charge on any atom is -0.352 e. The number of carbonyl (C=O) groups is 2. The molecule has 1 fully saturated rings. The summed E-state index contributed by atoms with van der Waals surface area (Å²) in [4.78, 5) is 31.1. The molecule has 136 valence electrons. The Morgan fingerprint density at radius 1 is 1.31 bits per heavy atom. The molecule has 0 aliphatic carbocycles. The monoisotopic (exact) mass is 371 g/mol. The minimum absolute atomic E-state index is 0.0419. The van der Waals surface area contributed by atoms with E-state index in [2.05, 4.69) is 10.3 Å². The summed E-state index contributed by atoms with van der Waals surface area (Å²) in [6.45, 7) is 2.94. The molecule has 26 heavy (non-hydrogen) atoms. The molecule has 1 saturated heterocycles. The number of benzene rings is 1. The summed E-state index contributed by atoms with van der Waals surface area (Å²) in [5.41, 5.74) is 1.88. The Morgan fingerprint density at radius 2 is 2.08 bits per heavy atom. The van der Waals surface area contributed by atoms with Crippen LogP contribution < -0.4 is 5.32 Å². The highest BCUT2D eigenvalue weighted by molar-refractivity contribution is 6.30. The second-order valence-corrected chi connectivity index (χ2v) is 6.84. The summed E-state index contributed by atoms with van der Waals surface area (Å²) >= 11 is 6.00. The number of amides is 2. The zero-order valence-electron chi connectivity index (χ0n) is 14.7. The lowest BCUT2D eigenvalue weighted by Crippen LogP contribution is -2.47. The van der Waals surface area contributed by atoms with Crippen LogP contribution in [0.1, 0.15) is 36.9 Å². The molecule has 2 atom stereocenters. The van der Waals surface area contributed by atoms with Crippen LogP contribution in [0.15, 0.2) is 48.8 Å². The Hall–Kier alpha value is -2.40. The van der Waals surface area contributed by atoms with Crippen molar-refractivity contribution in [1.82, 2.24) is 15.2 Å². The predicted octanol–water partition coefficient (Wildman–Crippen LogP) is 3.35. The molecule has 2 amide bonds. The van der Waals surface area contributed by atoms with Gasteiger partial charge >= 0.3 is 0 Å². The lowest BCUT2D eigenvalue weighted by molar-refractivity contribution is -0.143. The molecular formula is C20H22ClN3O2. The van der Waals surface area contributed by atoms with Gasteiger partial charge in [0, 0.05) is 36.9 Å². The van der Waals surface area contributed by atoms with Crippen molar-refractivity contribution in [3.63, 3.8) is 0 Å². The molecule has 3 rings (SSSR count). The van der Waals surface area contributed by atoms with Gasteiger partial charge in [-0.25, -0.2) is 0 Å². The number of nitrogens with zero attached hydrogens (tertiary/aromatic N) is 2. The van der Waals surface area contributed by atoms with Crippen LogP contribution in [-0.2, 0) is 16.1 Å². The van der Waals surface area contributed by atoms with E-state index in [1.54, 1.807) is 29.4 Å².